The Morgan fingerprint density at radius 1 is 0.537 bits per heavy atom. The van der Waals surface area contributed by atoms with Gasteiger partial charge in [-0.05, 0) is 49.3 Å². The molecule has 0 aliphatic carbocycles. The number of hydrogen-bond donors (Lipinski definition) is 3. The predicted octanol–water partition coefficient (Wildman–Crippen LogP) is 10.1. The molecule has 0 heterocycles. The number of benzene rings is 1. The zero-order valence-electron chi connectivity index (χ0n) is 26.5. The van der Waals surface area contributed by atoms with Crippen LogP contribution in [0.5, 0.6) is 0 Å². The van der Waals surface area contributed by atoms with Gasteiger partial charge in [0, 0.05) is 25.9 Å². The molecular formula is C34H58O6Zn. The van der Waals surface area contributed by atoms with Crippen molar-refractivity contribution in [1.29, 1.82) is 0 Å². The Labute approximate surface area is 262 Å². The maximum absolute atomic E-state index is 11.5. The van der Waals surface area contributed by atoms with E-state index in [0.29, 0.717) is 18.4 Å². The van der Waals surface area contributed by atoms with E-state index in [-0.39, 0.29) is 30.6 Å². The number of carboxylic acid groups (broad SMARTS) is 3. The smallest absolute Gasteiger partial charge is 0.336 e. The van der Waals surface area contributed by atoms with Crippen LogP contribution in [0.15, 0.2) is 12.1 Å². The van der Waals surface area contributed by atoms with Crippen molar-refractivity contribution in [2.45, 2.75) is 162 Å². The van der Waals surface area contributed by atoms with E-state index in [2.05, 4.69) is 13.8 Å². The van der Waals surface area contributed by atoms with Gasteiger partial charge in [-0.3, -0.25) is 4.79 Å². The fourth-order valence-electron chi connectivity index (χ4n) is 5.00. The molecule has 0 atom stereocenters. The maximum Gasteiger partial charge on any atom is 0.336 e. The standard InChI is InChI=1S/C18H36O2.C16H22O4.Zn/c1-2-3-4-5-6-7-8-9-10-11-12-13-14-15-16-17-18(19)20;1-3-5-7-11-9-10-13(15(17)18)14(16(19)20)12(11)8-6-4-2;/h2-17H2,1H3,(H,19,20);9-10H,3-8H2,1-2H3,(H,17,18)(H,19,20);. The van der Waals surface area contributed by atoms with E-state index in [1.807, 2.05) is 6.92 Å². The molecule has 232 valence electrons. The molecule has 0 spiro atoms. The fraction of sp³-hybridized carbons (Fsp3) is 0.735. The maximum atomic E-state index is 11.5. The van der Waals surface area contributed by atoms with Crippen molar-refractivity contribution in [3.05, 3.63) is 34.4 Å². The van der Waals surface area contributed by atoms with Crippen molar-refractivity contribution in [2.75, 3.05) is 0 Å². The SMILES string of the molecule is CCCCCCCCCCCCCCCCCC(=O)O.CCCCc1ccc(C(=O)O)c(C(=O)O)c1CCCC.[Zn]. The molecule has 0 amide bonds. The summed E-state index contributed by atoms with van der Waals surface area (Å²) in [7, 11) is 0. The van der Waals surface area contributed by atoms with Crippen LogP contribution in [0.3, 0.4) is 0 Å². The molecule has 0 saturated heterocycles. The normalized spacial score (nSPS) is 10.4. The first kappa shape index (κ1) is 41.4. The van der Waals surface area contributed by atoms with Crippen LogP contribution >= 0.6 is 0 Å². The van der Waals surface area contributed by atoms with Gasteiger partial charge in [-0.15, -0.1) is 0 Å². The van der Waals surface area contributed by atoms with Crippen LogP contribution in [0.25, 0.3) is 0 Å². The quantitative estimate of drug-likeness (QED) is 0.0776. The molecule has 3 N–H and O–H groups in total. The van der Waals surface area contributed by atoms with Gasteiger partial charge in [0.05, 0.1) is 11.1 Å². The number of aryl methyl sites for hydroxylation is 1. The molecule has 0 aliphatic rings. The van der Waals surface area contributed by atoms with Crippen molar-refractivity contribution in [3.63, 3.8) is 0 Å². The van der Waals surface area contributed by atoms with E-state index < -0.39 is 17.9 Å². The zero-order valence-corrected chi connectivity index (χ0v) is 29.5. The number of unbranched alkanes of at least 4 members (excludes halogenated alkanes) is 16. The first-order valence-corrected chi connectivity index (χ1v) is 16.1. The molecule has 0 aromatic heterocycles. The molecule has 0 saturated carbocycles. The molecule has 41 heavy (non-hydrogen) atoms. The van der Waals surface area contributed by atoms with Gasteiger partial charge < -0.3 is 15.3 Å². The Kier molecular flexibility index (Phi) is 28.6. The second-order valence-electron chi connectivity index (χ2n) is 11.0. The summed E-state index contributed by atoms with van der Waals surface area (Å²) in [6, 6.07) is 3.20. The molecule has 0 bridgehead atoms. The van der Waals surface area contributed by atoms with Gasteiger partial charge in [-0.2, -0.15) is 0 Å². The van der Waals surface area contributed by atoms with Gasteiger partial charge in [0.1, 0.15) is 0 Å². The Hall–Kier alpha value is -1.75. The van der Waals surface area contributed by atoms with Gasteiger partial charge in [-0.25, -0.2) is 9.59 Å². The van der Waals surface area contributed by atoms with E-state index in [1.54, 1.807) is 6.07 Å². The molecule has 0 unspecified atom stereocenters. The molecule has 0 aliphatic heterocycles. The summed E-state index contributed by atoms with van der Waals surface area (Å²) in [5.74, 6) is -2.98. The minimum absolute atomic E-state index is 0. The van der Waals surface area contributed by atoms with Crippen molar-refractivity contribution >= 4 is 17.9 Å². The topological polar surface area (TPSA) is 112 Å². The van der Waals surface area contributed by atoms with Crippen LogP contribution in [0, 0.1) is 0 Å². The molecule has 1 aromatic carbocycles. The van der Waals surface area contributed by atoms with E-state index in [0.717, 1.165) is 50.5 Å². The van der Waals surface area contributed by atoms with E-state index >= 15 is 0 Å². The number of hydrogen-bond acceptors (Lipinski definition) is 3. The number of aliphatic carboxylic acids is 1. The van der Waals surface area contributed by atoms with Crippen LogP contribution < -0.4 is 0 Å². The fourth-order valence-corrected chi connectivity index (χ4v) is 5.00. The summed E-state index contributed by atoms with van der Waals surface area (Å²) in [6.45, 7) is 6.38. The zero-order chi connectivity index (χ0) is 30.0. The summed E-state index contributed by atoms with van der Waals surface area (Å²) >= 11 is 0. The van der Waals surface area contributed by atoms with Gasteiger partial charge >= 0.3 is 17.9 Å². The Balaban J connectivity index is 0. The summed E-state index contributed by atoms with van der Waals surface area (Å²) in [6.07, 6.45) is 25.4. The monoisotopic (exact) mass is 626 g/mol. The molecule has 1 rings (SSSR count). The Morgan fingerprint density at radius 2 is 0.951 bits per heavy atom. The number of rotatable bonds is 24. The van der Waals surface area contributed by atoms with E-state index in [9.17, 15) is 19.5 Å². The van der Waals surface area contributed by atoms with Crippen LogP contribution in [0.1, 0.15) is 181 Å². The van der Waals surface area contributed by atoms with Crippen molar-refractivity contribution in [3.8, 4) is 0 Å². The summed E-state index contributed by atoms with van der Waals surface area (Å²) in [4.78, 5) is 33.0. The van der Waals surface area contributed by atoms with Gasteiger partial charge in [0.2, 0.25) is 0 Å². The number of carbonyl (C=O) groups is 3. The Morgan fingerprint density at radius 3 is 1.34 bits per heavy atom. The number of aromatic carboxylic acids is 2. The van der Waals surface area contributed by atoms with Crippen LogP contribution in [-0.2, 0) is 37.1 Å². The summed E-state index contributed by atoms with van der Waals surface area (Å²) in [5.41, 5.74) is 1.54. The van der Waals surface area contributed by atoms with Crippen molar-refractivity contribution < 1.29 is 49.2 Å². The van der Waals surface area contributed by atoms with E-state index in [4.69, 9.17) is 10.2 Å². The van der Waals surface area contributed by atoms with Gasteiger partial charge in [0.15, 0.2) is 0 Å². The van der Waals surface area contributed by atoms with E-state index in [1.165, 1.54) is 89.5 Å². The van der Waals surface area contributed by atoms with Crippen molar-refractivity contribution in [2.24, 2.45) is 0 Å². The molecule has 1 aromatic rings. The summed E-state index contributed by atoms with van der Waals surface area (Å²) < 4.78 is 0. The second-order valence-corrected chi connectivity index (χ2v) is 11.0. The minimum Gasteiger partial charge on any atom is -0.481 e. The first-order valence-electron chi connectivity index (χ1n) is 16.1. The van der Waals surface area contributed by atoms with Gasteiger partial charge in [0.25, 0.3) is 0 Å². The average molecular weight is 628 g/mol. The predicted molar refractivity (Wildman–Crippen MR) is 165 cm³/mol. The molecule has 7 heteroatoms. The third-order valence-corrected chi connectivity index (χ3v) is 7.43. The second kappa shape index (κ2) is 28.4. The molecule has 6 nitrogen and oxygen atoms in total. The van der Waals surface area contributed by atoms with Crippen LogP contribution in [0.2, 0.25) is 0 Å². The molecule has 0 fully saturated rings. The molecule has 0 radical (unpaired) electrons. The third kappa shape index (κ3) is 21.6. The Bertz CT molecular complexity index is 824. The minimum atomic E-state index is -1.18. The van der Waals surface area contributed by atoms with Crippen LogP contribution in [-0.4, -0.2) is 33.2 Å². The molecular weight excluding hydrogens is 570 g/mol. The third-order valence-electron chi connectivity index (χ3n) is 7.43. The van der Waals surface area contributed by atoms with Gasteiger partial charge in [-0.1, -0.05) is 130 Å². The van der Waals surface area contributed by atoms with Crippen LogP contribution in [0.4, 0.5) is 0 Å². The average Bonchev–Trinajstić information content (AvgIpc) is 2.92. The summed E-state index contributed by atoms with van der Waals surface area (Å²) in [5, 5.41) is 27.1. The number of carboxylic acids is 3. The van der Waals surface area contributed by atoms with Crippen molar-refractivity contribution in [1.82, 2.24) is 0 Å². The first-order chi connectivity index (χ1) is 19.3. The largest absolute Gasteiger partial charge is 0.481 e.